The summed E-state index contributed by atoms with van der Waals surface area (Å²) in [5, 5.41) is 4.70. The minimum Gasteiger partial charge on any atom is -0.364 e. The van der Waals surface area contributed by atoms with Crippen LogP contribution in [0.3, 0.4) is 0 Å². The van der Waals surface area contributed by atoms with Crippen molar-refractivity contribution in [2.24, 2.45) is 0 Å². The number of nitrogens with zero attached hydrogens (tertiary/aromatic N) is 2. The third-order valence-electron chi connectivity index (χ3n) is 3.67. The van der Waals surface area contributed by atoms with Crippen LogP contribution in [-0.4, -0.2) is 15.5 Å². The second-order valence-electron chi connectivity index (χ2n) is 5.28. The van der Waals surface area contributed by atoms with Gasteiger partial charge in [0.2, 0.25) is 0 Å². The molecule has 0 saturated heterocycles. The van der Waals surface area contributed by atoms with Gasteiger partial charge >= 0.3 is 0 Å². The Morgan fingerprint density at radius 1 is 1.24 bits per heavy atom. The summed E-state index contributed by atoms with van der Waals surface area (Å²) >= 11 is 0. The van der Waals surface area contributed by atoms with Crippen LogP contribution >= 0.6 is 0 Å². The first-order valence-electron chi connectivity index (χ1n) is 6.16. The quantitative estimate of drug-likeness (QED) is 0.855. The Morgan fingerprint density at radius 2 is 2.06 bits per heavy atom. The zero-order valence-electron chi connectivity index (χ0n) is 10.3. The van der Waals surface area contributed by atoms with E-state index in [9.17, 15) is 0 Å². The van der Waals surface area contributed by atoms with E-state index in [1.165, 1.54) is 24.8 Å². The average molecular weight is 227 g/mol. The van der Waals surface area contributed by atoms with E-state index in [1.807, 2.05) is 0 Å². The predicted molar refractivity (Wildman–Crippen MR) is 70.2 cm³/mol. The highest BCUT2D eigenvalue weighted by Crippen LogP contribution is 2.35. The van der Waals surface area contributed by atoms with Crippen LogP contribution in [0, 0.1) is 6.92 Å². The van der Waals surface area contributed by atoms with E-state index in [0.717, 1.165) is 16.7 Å². The van der Waals surface area contributed by atoms with Crippen LogP contribution in [0.25, 0.3) is 10.9 Å². The van der Waals surface area contributed by atoms with Crippen molar-refractivity contribution in [1.82, 2.24) is 9.97 Å². The van der Waals surface area contributed by atoms with Gasteiger partial charge in [0.25, 0.3) is 0 Å². The lowest BCUT2D eigenvalue weighted by molar-refractivity contribution is 0.306. The SMILES string of the molecule is Cc1ccc2ncnc(NC3(C)CCC3)c2c1. The van der Waals surface area contributed by atoms with E-state index in [-0.39, 0.29) is 5.54 Å². The summed E-state index contributed by atoms with van der Waals surface area (Å²) in [4.78, 5) is 8.70. The standard InChI is InChI=1S/C14H17N3/c1-10-4-5-12-11(8-10)13(16-9-15-12)17-14(2)6-3-7-14/h4-5,8-9H,3,6-7H2,1-2H3,(H,15,16,17). The molecule has 0 radical (unpaired) electrons. The van der Waals surface area contributed by atoms with Gasteiger partial charge in [-0.1, -0.05) is 11.6 Å². The third-order valence-corrected chi connectivity index (χ3v) is 3.67. The number of rotatable bonds is 2. The van der Waals surface area contributed by atoms with E-state index >= 15 is 0 Å². The Hall–Kier alpha value is -1.64. The highest BCUT2D eigenvalue weighted by atomic mass is 15.1. The maximum Gasteiger partial charge on any atom is 0.137 e. The van der Waals surface area contributed by atoms with Crippen molar-refractivity contribution in [3.05, 3.63) is 30.1 Å². The molecule has 1 heterocycles. The molecule has 1 saturated carbocycles. The molecule has 0 bridgehead atoms. The van der Waals surface area contributed by atoms with Crippen molar-refractivity contribution in [2.75, 3.05) is 5.32 Å². The Labute approximate surface area is 101 Å². The maximum atomic E-state index is 4.39. The molecule has 0 amide bonds. The van der Waals surface area contributed by atoms with Crippen molar-refractivity contribution < 1.29 is 0 Å². The fourth-order valence-corrected chi connectivity index (χ4v) is 2.39. The average Bonchev–Trinajstić information content (AvgIpc) is 2.28. The van der Waals surface area contributed by atoms with Gasteiger partial charge in [-0.05, 0) is 45.2 Å². The lowest BCUT2D eigenvalue weighted by atomic mass is 9.78. The topological polar surface area (TPSA) is 37.8 Å². The molecule has 1 aliphatic rings. The number of nitrogens with one attached hydrogen (secondary N) is 1. The summed E-state index contributed by atoms with van der Waals surface area (Å²) in [5.74, 6) is 0.973. The lowest BCUT2D eigenvalue weighted by Crippen LogP contribution is -2.41. The molecule has 0 atom stereocenters. The van der Waals surface area contributed by atoms with Crippen LogP contribution in [0.2, 0.25) is 0 Å². The van der Waals surface area contributed by atoms with Crippen LogP contribution in [0.1, 0.15) is 31.7 Å². The van der Waals surface area contributed by atoms with Crippen LogP contribution in [-0.2, 0) is 0 Å². The van der Waals surface area contributed by atoms with Gasteiger partial charge in [-0.15, -0.1) is 0 Å². The molecule has 88 valence electrons. The summed E-state index contributed by atoms with van der Waals surface area (Å²) in [5.41, 5.74) is 2.48. The second kappa shape index (κ2) is 3.69. The van der Waals surface area contributed by atoms with E-state index in [4.69, 9.17) is 0 Å². The fraction of sp³-hybridized carbons (Fsp3) is 0.429. The first-order chi connectivity index (χ1) is 8.16. The van der Waals surface area contributed by atoms with Crippen molar-refractivity contribution in [1.29, 1.82) is 0 Å². The van der Waals surface area contributed by atoms with Crippen LogP contribution in [0.15, 0.2) is 24.5 Å². The molecule has 2 aromatic rings. The molecule has 1 N–H and O–H groups in total. The molecule has 0 unspecified atom stereocenters. The maximum absolute atomic E-state index is 4.39. The van der Waals surface area contributed by atoms with Gasteiger partial charge < -0.3 is 5.32 Å². The number of hydrogen-bond donors (Lipinski definition) is 1. The van der Waals surface area contributed by atoms with Gasteiger partial charge in [0.15, 0.2) is 0 Å². The zero-order chi connectivity index (χ0) is 11.9. The summed E-state index contributed by atoms with van der Waals surface area (Å²) in [6.45, 7) is 4.36. The molecule has 1 aromatic carbocycles. The number of anilines is 1. The van der Waals surface area contributed by atoms with E-state index in [1.54, 1.807) is 6.33 Å². The predicted octanol–water partition coefficient (Wildman–Crippen LogP) is 3.29. The van der Waals surface area contributed by atoms with Gasteiger partial charge in [-0.25, -0.2) is 9.97 Å². The highest BCUT2D eigenvalue weighted by molar-refractivity contribution is 5.89. The van der Waals surface area contributed by atoms with E-state index < -0.39 is 0 Å². The minimum absolute atomic E-state index is 0.227. The molecule has 0 spiro atoms. The van der Waals surface area contributed by atoms with Crippen molar-refractivity contribution >= 4 is 16.7 Å². The number of aryl methyl sites for hydroxylation is 1. The van der Waals surface area contributed by atoms with E-state index in [2.05, 4.69) is 47.3 Å². The van der Waals surface area contributed by atoms with Gasteiger partial charge in [0.1, 0.15) is 12.1 Å². The van der Waals surface area contributed by atoms with Gasteiger partial charge in [0.05, 0.1) is 5.52 Å². The molecule has 17 heavy (non-hydrogen) atoms. The van der Waals surface area contributed by atoms with Crippen molar-refractivity contribution in [2.45, 2.75) is 38.6 Å². The first-order valence-corrected chi connectivity index (χ1v) is 6.16. The van der Waals surface area contributed by atoms with Crippen LogP contribution in [0.5, 0.6) is 0 Å². The number of hydrogen-bond acceptors (Lipinski definition) is 3. The number of benzene rings is 1. The highest BCUT2D eigenvalue weighted by Gasteiger charge is 2.32. The monoisotopic (exact) mass is 227 g/mol. The normalized spacial score (nSPS) is 17.8. The summed E-state index contributed by atoms with van der Waals surface area (Å²) in [7, 11) is 0. The van der Waals surface area contributed by atoms with Gasteiger partial charge in [-0.3, -0.25) is 0 Å². The zero-order valence-corrected chi connectivity index (χ0v) is 10.3. The molecule has 3 heteroatoms. The molecule has 3 rings (SSSR count). The second-order valence-corrected chi connectivity index (χ2v) is 5.28. The van der Waals surface area contributed by atoms with Crippen LogP contribution in [0.4, 0.5) is 5.82 Å². The fourth-order valence-electron chi connectivity index (χ4n) is 2.39. The molecule has 0 aliphatic heterocycles. The summed E-state index contributed by atoms with van der Waals surface area (Å²) < 4.78 is 0. The van der Waals surface area contributed by atoms with Crippen molar-refractivity contribution in [3.63, 3.8) is 0 Å². The Bertz CT molecular complexity index is 558. The summed E-state index contributed by atoms with van der Waals surface area (Å²) in [6.07, 6.45) is 5.40. The number of aromatic nitrogens is 2. The van der Waals surface area contributed by atoms with Gasteiger partial charge in [0, 0.05) is 10.9 Å². The summed E-state index contributed by atoms with van der Waals surface area (Å²) in [6, 6.07) is 6.30. The molecule has 1 aliphatic carbocycles. The third kappa shape index (κ3) is 1.86. The Kier molecular flexibility index (Phi) is 2.28. The van der Waals surface area contributed by atoms with Crippen LogP contribution < -0.4 is 5.32 Å². The largest absolute Gasteiger partial charge is 0.364 e. The molecular formula is C14H17N3. The van der Waals surface area contributed by atoms with Gasteiger partial charge in [-0.2, -0.15) is 0 Å². The van der Waals surface area contributed by atoms with E-state index in [0.29, 0.717) is 0 Å². The minimum atomic E-state index is 0.227. The molecule has 1 fully saturated rings. The Balaban J connectivity index is 2.06. The molecular weight excluding hydrogens is 210 g/mol. The smallest absolute Gasteiger partial charge is 0.137 e. The Morgan fingerprint density at radius 3 is 2.76 bits per heavy atom. The van der Waals surface area contributed by atoms with Crippen molar-refractivity contribution in [3.8, 4) is 0 Å². The first kappa shape index (κ1) is 10.5. The molecule has 1 aromatic heterocycles. The lowest BCUT2D eigenvalue weighted by Gasteiger charge is -2.39. The number of fused-ring (bicyclic) bond motifs is 1. The molecule has 3 nitrogen and oxygen atoms in total.